The molecule has 0 aliphatic heterocycles. The summed E-state index contributed by atoms with van der Waals surface area (Å²) in [5.74, 6) is 0.836. The van der Waals surface area contributed by atoms with E-state index in [1.807, 2.05) is 13.2 Å². The maximum absolute atomic E-state index is 11.7. The molecule has 0 aliphatic carbocycles. The number of rotatable bonds is 2. The van der Waals surface area contributed by atoms with Crippen LogP contribution in [0.15, 0.2) is 17.4 Å². The predicted octanol–water partition coefficient (Wildman–Crippen LogP) is 2.14. The Bertz CT molecular complexity index is 720. The van der Waals surface area contributed by atoms with Crippen molar-refractivity contribution in [3.8, 4) is 11.4 Å². The number of hydrogen-bond acceptors (Lipinski definition) is 5. The quantitative estimate of drug-likeness (QED) is 0.826. The molecule has 8 heteroatoms. The number of aryl methyl sites for hydroxylation is 1. The van der Waals surface area contributed by atoms with Gasteiger partial charge in [-0.2, -0.15) is 10.1 Å². The van der Waals surface area contributed by atoms with Crippen molar-refractivity contribution >= 4 is 17.6 Å². The number of nitrogens with one attached hydrogen (secondary N) is 1. The van der Waals surface area contributed by atoms with Gasteiger partial charge in [-0.05, 0) is 27.7 Å². The van der Waals surface area contributed by atoms with Crippen LogP contribution in [0.3, 0.4) is 0 Å². The zero-order chi connectivity index (χ0) is 16.5. The summed E-state index contributed by atoms with van der Waals surface area (Å²) < 4.78 is 6.81. The molecule has 0 saturated heterocycles. The molecule has 2 rings (SSSR count). The smallest absolute Gasteiger partial charge is 0.434 e. The van der Waals surface area contributed by atoms with Gasteiger partial charge in [-0.25, -0.2) is 9.78 Å². The van der Waals surface area contributed by atoms with Crippen LogP contribution in [0.4, 0.5) is 10.6 Å². The molecule has 0 saturated carbocycles. The monoisotopic (exact) mass is 304 g/mol. The number of nitrogen functional groups attached to an aromatic ring is 1. The minimum Gasteiger partial charge on any atom is -0.442 e. The van der Waals surface area contributed by atoms with Crippen LogP contribution in [0.5, 0.6) is 0 Å². The Balaban J connectivity index is 2.25. The Morgan fingerprint density at radius 2 is 2.14 bits per heavy atom. The number of carbonyl (C=O) groups excluding carboxylic acids is 1. The lowest BCUT2D eigenvalue weighted by Crippen LogP contribution is -2.22. The number of ether oxygens (including phenoxy) is 1. The second-order valence-corrected chi connectivity index (χ2v) is 5.93. The number of hydrogen-bond donors (Lipinski definition) is 2. The first-order chi connectivity index (χ1) is 10.2. The lowest BCUT2D eigenvalue weighted by Gasteiger charge is -2.17. The molecule has 2 aromatic heterocycles. The number of nitrogens with zero attached hydrogens (tertiary/aromatic N) is 4. The number of imidazole rings is 1. The third-order valence-electron chi connectivity index (χ3n) is 2.72. The van der Waals surface area contributed by atoms with E-state index in [2.05, 4.69) is 20.1 Å². The Labute approximate surface area is 128 Å². The van der Waals surface area contributed by atoms with Crippen LogP contribution in [0.1, 0.15) is 33.4 Å². The highest BCUT2D eigenvalue weighted by Crippen LogP contribution is 2.19. The van der Waals surface area contributed by atoms with Crippen molar-refractivity contribution in [1.82, 2.24) is 19.7 Å². The second-order valence-electron chi connectivity index (χ2n) is 5.93. The van der Waals surface area contributed by atoms with Gasteiger partial charge in [0.25, 0.3) is 0 Å². The molecular formula is C14H20N6O2. The first kappa shape index (κ1) is 15.7. The van der Waals surface area contributed by atoms with Crippen LogP contribution in [0, 0.1) is 0 Å². The van der Waals surface area contributed by atoms with Crippen LogP contribution < -0.4 is 5.73 Å². The summed E-state index contributed by atoms with van der Waals surface area (Å²) in [5.41, 5.74) is 6.99. The molecule has 0 atom stereocenters. The van der Waals surface area contributed by atoms with E-state index in [1.54, 1.807) is 38.6 Å². The molecule has 0 unspecified atom stereocenters. The van der Waals surface area contributed by atoms with E-state index in [9.17, 15) is 4.79 Å². The van der Waals surface area contributed by atoms with Gasteiger partial charge in [0.05, 0.1) is 17.5 Å². The molecule has 2 aromatic rings. The summed E-state index contributed by atoms with van der Waals surface area (Å²) in [6.07, 6.45) is 2.81. The van der Waals surface area contributed by atoms with Gasteiger partial charge in [0.15, 0.2) is 5.82 Å². The molecule has 3 N–H and O–H groups in total. The lowest BCUT2D eigenvalue weighted by molar-refractivity contribution is 0.0604. The van der Waals surface area contributed by atoms with Gasteiger partial charge in [0.1, 0.15) is 17.1 Å². The van der Waals surface area contributed by atoms with Crippen LogP contribution in [-0.2, 0) is 11.8 Å². The first-order valence-electron chi connectivity index (χ1n) is 6.79. The molecule has 1 amide bonds. The van der Waals surface area contributed by atoms with E-state index in [-0.39, 0.29) is 5.82 Å². The van der Waals surface area contributed by atoms with Crippen LogP contribution >= 0.6 is 0 Å². The van der Waals surface area contributed by atoms with Gasteiger partial charge < -0.3 is 15.5 Å². The van der Waals surface area contributed by atoms with Gasteiger partial charge in [0, 0.05) is 13.2 Å². The number of carbonyl (C=O) groups is 1. The van der Waals surface area contributed by atoms with Gasteiger partial charge in [-0.3, -0.25) is 4.68 Å². The lowest BCUT2D eigenvalue weighted by atomic mass is 10.2. The summed E-state index contributed by atoms with van der Waals surface area (Å²) in [7, 11) is 1.81. The molecule has 0 radical (unpaired) electrons. The summed E-state index contributed by atoms with van der Waals surface area (Å²) in [6, 6.07) is 0. The van der Waals surface area contributed by atoms with Crippen LogP contribution in [0.25, 0.3) is 11.4 Å². The SMILES string of the molecule is CC(=NC(=O)OC(C)(C)C)c1[nH]c(-c2cnn(C)c2)nc1N. The van der Waals surface area contributed by atoms with Crippen molar-refractivity contribution in [2.45, 2.75) is 33.3 Å². The van der Waals surface area contributed by atoms with E-state index in [0.717, 1.165) is 5.56 Å². The fourth-order valence-electron chi connectivity index (χ4n) is 1.82. The molecule has 8 nitrogen and oxygen atoms in total. The van der Waals surface area contributed by atoms with Gasteiger partial charge in [-0.1, -0.05) is 0 Å². The average Bonchev–Trinajstić information content (AvgIpc) is 2.92. The van der Waals surface area contributed by atoms with Crippen molar-refractivity contribution in [3.63, 3.8) is 0 Å². The zero-order valence-electron chi connectivity index (χ0n) is 13.3. The van der Waals surface area contributed by atoms with E-state index in [4.69, 9.17) is 10.5 Å². The maximum atomic E-state index is 11.7. The minimum atomic E-state index is -0.665. The number of anilines is 1. The number of H-pyrrole nitrogens is 1. The fourth-order valence-corrected chi connectivity index (χ4v) is 1.82. The highest BCUT2D eigenvalue weighted by atomic mass is 16.6. The topological polar surface area (TPSA) is 111 Å². The van der Waals surface area contributed by atoms with Crippen molar-refractivity contribution in [3.05, 3.63) is 18.1 Å². The third kappa shape index (κ3) is 3.72. The number of aromatic amines is 1. The molecule has 0 spiro atoms. The van der Waals surface area contributed by atoms with E-state index >= 15 is 0 Å². The number of nitrogens with two attached hydrogens (primary N) is 1. The van der Waals surface area contributed by atoms with Crippen LogP contribution in [0.2, 0.25) is 0 Å². The van der Waals surface area contributed by atoms with E-state index in [0.29, 0.717) is 17.2 Å². The Morgan fingerprint density at radius 1 is 1.45 bits per heavy atom. The van der Waals surface area contributed by atoms with Crippen molar-refractivity contribution in [2.75, 3.05) is 5.73 Å². The first-order valence-corrected chi connectivity index (χ1v) is 6.79. The summed E-state index contributed by atoms with van der Waals surface area (Å²) in [4.78, 5) is 22.9. The highest BCUT2D eigenvalue weighted by Gasteiger charge is 2.18. The molecule has 0 fully saturated rings. The van der Waals surface area contributed by atoms with Gasteiger partial charge in [0.2, 0.25) is 0 Å². The predicted molar refractivity (Wildman–Crippen MR) is 83.6 cm³/mol. The average molecular weight is 304 g/mol. The Hall–Kier alpha value is -2.64. The number of amides is 1. The molecule has 0 aromatic carbocycles. The molecule has 118 valence electrons. The van der Waals surface area contributed by atoms with E-state index in [1.165, 1.54) is 0 Å². The van der Waals surface area contributed by atoms with Crippen LogP contribution in [-0.4, -0.2) is 37.2 Å². The number of aromatic nitrogens is 4. The molecule has 0 bridgehead atoms. The minimum absolute atomic E-state index is 0.267. The largest absolute Gasteiger partial charge is 0.442 e. The van der Waals surface area contributed by atoms with E-state index < -0.39 is 11.7 Å². The standard InChI is InChI=1S/C14H20N6O2/c1-8(17-13(21)22-14(2,3)4)10-11(15)19-12(18-10)9-6-16-20(5)7-9/h6-7H,15H2,1-5H3,(H,18,19). The van der Waals surface area contributed by atoms with Gasteiger partial charge >= 0.3 is 6.09 Å². The van der Waals surface area contributed by atoms with Gasteiger partial charge in [-0.15, -0.1) is 0 Å². The molecule has 2 heterocycles. The zero-order valence-corrected chi connectivity index (χ0v) is 13.3. The summed E-state index contributed by atoms with van der Waals surface area (Å²) in [6.45, 7) is 7.00. The van der Waals surface area contributed by atoms with Crippen molar-refractivity contribution < 1.29 is 9.53 Å². The third-order valence-corrected chi connectivity index (χ3v) is 2.72. The molecule has 22 heavy (non-hydrogen) atoms. The number of aliphatic imine (C=N–C) groups is 1. The van der Waals surface area contributed by atoms with Crippen molar-refractivity contribution in [1.29, 1.82) is 0 Å². The Kier molecular flexibility index (Phi) is 4.03. The second kappa shape index (κ2) is 5.63. The molecule has 0 aliphatic rings. The maximum Gasteiger partial charge on any atom is 0.434 e. The molecular weight excluding hydrogens is 284 g/mol. The van der Waals surface area contributed by atoms with Crippen molar-refractivity contribution in [2.24, 2.45) is 12.0 Å². The highest BCUT2D eigenvalue weighted by molar-refractivity contribution is 6.05. The normalized spacial score (nSPS) is 12.5. The Morgan fingerprint density at radius 3 is 2.68 bits per heavy atom. The summed E-state index contributed by atoms with van der Waals surface area (Å²) >= 11 is 0. The fraction of sp³-hybridized carbons (Fsp3) is 0.429. The summed E-state index contributed by atoms with van der Waals surface area (Å²) in [5, 5.41) is 4.08.